The third-order valence-corrected chi connectivity index (χ3v) is 2.07. The van der Waals surface area contributed by atoms with Crippen molar-refractivity contribution in [2.24, 2.45) is 0 Å². The van der Waals surface area contributed by atoms with Crippen molar-refractivity contribution in [1.29, 1.82) is 0 Å². The molecular weight excluding hydrogens is 192 g/mol. The zero-order valence-corrected chi connectivity index (χ0v) is 9.66. The summed E-state index contributed by atoms with van der Waals surface area (Å²) in [6.45, 7) is 3.76. The van der Waals surface area contributed by atoms with Crippen LogP contribution in [0.2, 0.25) is 0 Å². The van der Waals surface area contributed by atoms with Crippen LogP contribution >= 0.6 is 0 Å². The summed E-state index contributed by atoms with van der Waals surface area (Å²) in [7, 11) is 3.90. The number of likely N-dealkylation sites (N-methyl/N-ethyl adjacent to an activating group) is 1. The van der Waals surface area contributed by atoms with E-state index in [1.807, 2.05) is 32.0 Å². The summed E-state index contributed by atoms with van der Waals surface area (Å²) in [5, 5.41) is 13.2. The van der Waals surface area contributed by atoms with Gasteiger partial charge in [0.1, 0.15) is 0 Å². The number of hydrogen-bond acceptors (Lipinski definition) is 4. The minimum Gasteiger partial charge on any atom is -0.472 e. The monoisotopic (exact) mass is 212 g/mol. The topological polar surface area (TPSA) is 48.6 Å². The molecule has 0 aliphatic carbocycles. The fraction of sp³-hybridized carbons (Fsp3) is 0.636. The molecule has 0 spiro atoms. The Hall–Kier alpha value is -0.840. The Morgan fingerprint density at radius 1 is 1.53 bits per heavy atom. The summed E-state index contributed by atoms with van der Waals surface area (Å²) >= 11 is 0. The van der Waals surface area contributed by atoms with Gasteiger partial charge in [0.25, 0.3) is 0 Å². The maximum Gasteiger partial charge on any atom is 0.0947 e. The summed E-state index contributed by atoms with van der Waals surface area (Å²) in [5.41, 5.74) is 0.392. The highest BCUT2D eigenvalue weighted by Crippen LogP contribution is 2.04. The van der Waals surface area contributed by atoms with E-state index in [0.717, 1.165) is 12.1 Å². The fourth-order valence-electron chi connectivity index (χ4n) is 1.61. The molecule has 0 aromatic carbocycles. The predicted molar refractivity (Wildman–Crippen MR) is 59.6 cm³/mol. The molecule has 0 aliphatic rings. The Morgan fingerprint density at radius 3 is 2.80 bits per heavy atom. The summed E-state index contributed by atoms with van der Waals surface area (Å²) in [5.74, 6) is 0. The summed E-state index contributed by atoms with van der Waals surface area (Å²) in [6.07, 6.45) is 3.35. The number of nitrogens with zero attached hydrogens (tertiary/aromatic N) is 1. The van der Waals surface area contributed by atoms with E-state index < -0.39 is 5.60 Å². The Kier molecular flexibility index (Phi) is 4.32. The highest BCUT2D eigenvalue weighted by molar-refractivity contribution is 5.04. The third kappa shape index (κ3) is 4.97. The van der Waals surface area contributed by atoms with E-state index in [4.69, 9.17) is 4.42 Å². The van der Waals surface area contributed by atoms with E-state index >= 15 is 0 Å². The van der Waals surface area contributed by atoms with Crippen molar-refractivity contribution >= 4 is 0 Å². The number of hydrogen-bond donors (Lipinski definition) is 2. The first kappa shape index (κ1) is 12.2. The molecule has 1 heterocycles. The quantitative estimate of drug-likeness (QED) is 0.728. The van der Waals surface area contributed by atoms with Gasteiger partial charge in [-0.3, -0.25) is 0 Å². The standard InChI is InChI=1S/C11H20N2O2/c1-11(14,9-13(2)3)8-12-6-10-4-5-15-7-10/h4-5,7,12,14H,6,8-9H2,1-3H3. The van der Waals surface area contributed by atoms with Crippen LogP contribution in [0.1, 0.15) is 12.5 Å². The molecule has 2 N–H and O–H groups in total. The highest BCUT2D eigenvalue weighted by Gasteiger charge is 2.20. The predicted octanol–water partition coefficient (Wildman–Crippen LogP) is 0.682. The first-order valence-electron chi connectivity index (χ1n) is 5.08. The molecule has 15 heavy (non-hydrogen) atoms. The lowest BCUT2D eigenvalue weighted by Crippen LogP contribution is -2.45. The van der Waals surface area contributed by atoms with Gasteiger partial charge in [0.2, 0.25) is 0 Å². The lowest BCUT2D eigenvalue weighted by atomic mass is 10.1. The van der Waals surface area contributed by atoms with Gasteiger partial charge in [0.15, 0.2) is 0 Å². The summed E-state index contributed by atoms with van der Waals surface area (Å²) in [4.78, 5) is 1.97. The van der Waals surface area contributed by atoms with Crippen molar-refractivity contribution in [2.45, 2.75) is 19.1 Å². The normalized spacial score (nSPS) is 15.5. The van der Waals surface area contributed by atoms with Gasteiger partial charge >= 0.3 is 0 Å². The molecule has 0 saturated heterocycles. The van der Waals surface area contributed by atoms with Gasteiger partial charge in [-0.05, 0) is 27.1 Å². The molecule has 4 heteroatoms. The molecule has 1 aromatic rings. The SMILES string of the molecule is CN(C)CC(C)(O)CNCc1ccoc1. The molecule has 0 aliphatic heterocycles. The van der Waals surface area contributed by atoms with Gasteiger partial charge in [-0.1, -0.05) is 0 Å². The number of rotatable bonds is 6. The molecule has 0 saturated carbocycles. The Bertz CT molecular complexity index is 268. The number of furan rings is 1. The molecule has 86 valence electrons. The Labute approximate surface area is 90.9 Å². The molecule has 4 nitrogen and oxygen atoms in total. The fourth-order valence-corrected chi connectivity index (χ4v) is 1.61. The molecular formula is C11H20N2O2. The van der Waals surface area contributed by atoms with Crippen LogP contribution in [-0.4, -0.2) is 42.8 Å². The van der Waals surface area contributed by atoms with E-state index in [1.165, 1.54) is 0 Å². The molecule has 1 rings (SSSR count). The van der Waals surface area contributed by atoms with Crippen LogP contribution in [0.4, 0.5) is 0 Å². The first-order valence-corrected chi connectivity index (χ1v) is 5.08. The molecule has 1 atom stereocenters. The number of aliphatic hydroxyl groups is 1. The largest absolute Gasteiger partial charge is 0.472 e. The van der Waals surface area contributed by atoms with Crippen LogP contribution in [0.15, 0.2) is 23.0 Å². The zero-order valence-electron chi connectivity index (χ0n) is 9.66. The van der Waals surface area contributed by atoms with Gasteiger partial charge in [-0.15, -0.1) is 0 Å². The smallest absolute Gasteiger partial charge is 0.0947 e. The molecule has 0 fully saturated rings. The van der Waals surface area contributed by atoms with Gasteiger partial charge in [0, 0.05) is 25.2 Å². The van der Waals surface area contributed by atoms with Crippen molar-refractivity contribution in [2.75, 3.05) is 27.2 Å². The van der Waals surface area contributed by atoms with Crippen LogP contribution in [0.25, 0.3) is 0 Å². The van der Waals surface area contributed by atoms with E-state index in [2.05, 4.69) is 5.32 Å². The third-order valence-electron chi connectivity index (χ3n) is 2.07. The second-order valence-electron chi connectivity index (χ2n) is 4.47. The van der Waals surface area contributed by atoms with Crippen molar-refractivity contribution in [1.82, 2.24) is 10.2 Å². The average molecular weight is 212 g/mol. The minimum absolute atomic E-state index is 0.566. The van der Waals surface area contributed by atoms with Crippen molar-refractivity contribution in [3.8, 4) is 0 Å². The van der Waals surface area contributed by atoms with Crippen LogP contribution in [-0.2, 0) is 6.54 Å². The van der Waals surface area contributed by atoms with Crippen LogP contribution in [0.5, 0.6) is 0 Å². The Morgan fingerprint density at radius 2 is 2.27 bits per heavy atom. The van der Waals surface area contributed by atoms with E-state index in [1.54, 1.807) is 12.5 Å². The van der Waals surface area contributed by atoms with E-state index in [9.17, 15) is 5.11 Å². The van der Waals surface area contributed by atoms with Gasteiger partial charge in [-0.2, -0.15) is 0 Å². The highest BCUT2D eigenvalue weighted by atomic mass is 16.3. The minimum atomic E-state index is -0.701. The maximum absolute atomic E-state index is 9.99. The lowest BCUT2D eigenvalue weighted by Gasteiger charge is -2.27. The summed E-state index contributed by atoms with van der Waals surface area (Å²) < 4.78 is 4.95. The van der Waals surface area contributed by atoms with Crippen molar-refractivity contribution in [3.63, 3.8) is 0 Å². The van der Waals surface area contributed by atoms with Gasteiger partial charge in [-0.25, -0.2) is 0 Å². The second-order valence-corrected chi connectivity index (χ2v) is 4.47. The second kappa shape index (κ2) is 5.30. The molecule has 0 amide bonds. The molecule has 0 bridgehead atoms. The van der Waals surface area contributed by atoms with Gasteiger partial charge < -0.3 is 19.7 Å². The van der Waals surface area contributed by atoms with Crippen LogP contribution in [0.3, 0.4) is 0 Å². The Balaban J connectivity index is 2.24. The van der Waals surface area contributed by atoms with E-state index in [-0.39, 0.29) is 0 Å². The average Bonchev–Trinajstić information content (AvgIpc) is 2.53. The van der Waals surface area contributed by atoms with Crippen LogP contribution < -0.4 is 5.32 Å². The van der Waals surface area contributed by atoms with Gasteiger partial charge in [0.05, 0.1) is 18.1 Å². The first-order chi connectivity index (χ1) is 6.99. The molecule has 1 unspecified atom stereocenters. The molecule has 0 radical (unpaired) electrons. The molecule has 1 aromatic heterocycles. The van der Waals surface area contributed by atoms with Crippen molar-refractivity contribution < 1.29 is 9.52 Å². The number of nitrogens with one attached hydrogen (secondary N) is 1. The van der Waals surface area contributed by atoms with Crippen LogP contribution in [0, 0.1) is 0 Å². The summed E-state index contributed by atoms with van der Waals surface area (Å²) in [6, 6.07) is 1.91. The maximum atomic E-state index is 9.99. The van der Waals surface area contributed by atoms with Crippen molar-refractivity contribution in [3.05, 3.63) is 24.2 Å². The van der Waals surface area contributed by atoms with E-state index in [0.29, 0.717) is 13.1 Å². The zero-order chi connectivity index (χ0) is 11.3. The lowest BCUT2D eigenvalue weighted by molar-refractivity contribution is 0.0336.